The second-order valence-corrected chi connectivity index (χ2v) is 3.06. The highest BCUT2D eigenvalue weighted by Crippen LogP contribution is 2.10. The number of aromatic nitrogens is 3. The lowest BCUT2D eigenvalue weighted by atomic mass is 10.3. The molecule has 2 aromatic heterocycles. The van der Waals surface area contributed by atoms with Gasteiger partial charge in [0.05, 0.1) is 17.4 Å². The lowest BCUT2D eigenvalue weighted by molar-refractivity contribution is -0.389. The zero-order valence-corrected chi connectivity index (χ0v) is 8.35. The van der Waals surface area contributed by atoms with Gasteiger partial charge in [-0.25, -0.2) is 9.78 Å². The van der Waals surface area contributed by atoms with E-state index >= 15 is 0 Å². The van der Waals surface area contributed by atoms with E-state index in [1.165, 1.54) is 30.5 Å². The highest BCUT2D eigenvalue weighted by Gasteiger charge is 2.14. The number of aromatic carboxylic acids is 1. The third-order valence-electron chi connectivity index (χ3n) is 1.95. The number of hydrogen-bond donors (Lipinski definition) is 1. The maximum atomic E-state index is 10.7. The Morgan fingerprint density at radius 1 is 1.41 bits per heavy atom. The van der Waals surface area contributed by atoms with Crippen molar-refractivity contribution in [2.24, 2.45) is 0 Å². The lowest BCUT2D eigenvalue weighted by Crippen LogP contribution is -2.05. The van der Waals surface area contributed by atoms with Crippen LogP contribution in [0.15, 0.2) is 30.5 Å². The molecule has 0 aromatic carbocycles. The molecule has 0 radical (unpaired) electrons. The molecule has 8 heteroatoms. The molecule has 0 saturated carbocycles. The Kier molecular flexibility index (Phi) is 2.53. The molecule has 2 aromatic rings. The number of carbonyl (C=O) groups is 1. The molecule has 2 rings (SSSR count). The topological polar surface area (TPSA) is 111 Å². The van der Waals surface area contributed by atoms with Gasteiger partial charge in [0.2, 0.25) is 0 Å². The van der Waals surface area contributed by atoms with E-state index in [-0.39, 0.29) is 17.3 Å². The van der Waals surface area contributed by atoms with Crippen LogP contribution in [0.25, 0.3) is 5.82 Å². The standard InChI is InChI=1S/C9H6N4O4/c14-9(15)6-2-1-3-7(10-6)12-5-4-8(11-12)13(16)17/h1-5H,(H,14,15). The molecule has 0 amide bonds. The van der Waals surface area contributed by atoms with Gasteiger partial charge >= 0.3 is 11.8 Å². The molecule has 1 N–H and O–H groups in total. The van der Waals surface area contributed by atoms with Gasteiger partial charge in [0.15, 0.2) is 11.5 Å². The zero-order chi connectivity index (χ0) is 12.4. The van der Waals surface area contributed by atoms with Crippen LogP contribution in [0.1, 0.15) is 10.5 Å². The third kappa shape index (κ3) is 2.09. The Labute approximate surface area is 94.3 Å². The van der Waals surface area contributed by atoms with E-state index in [2.05, 4.69) is 10.1 Å². The van der Waals surface area contributed by atoms with E-state index in [1.807, 2.05) is 0 Å². The van der Waals surface area contributed by atoms with E-state index in [9.17, 15) is 14.9 Å². The summed E-state index contributed by atoms with van der Waals surface area (Å²) in [5.41, 5.74) is -0.152. The minimum absolute atomic E-state index is 0.152. The van der Waals surface area contributed by atoms with Gasteiger partial charge in [-0.2, -0.15) is 0 Å². The van der Waals surface area contributed by atoms with Crippen LogP contribution < -0.4 is 0 Å². The first-order valence-corrected chi connectivity index (χ1v) is 4.49. The summed E-state index contributed by atoms with van der Waals surface area (Å²) in [4.78, 5) is 24.3. The highest BCUT2D eigenvalue weighted by atomic mass is 16.6. The largest absolute Gasteiger partial charge is 0.477 e. The summed E-state index contributed by atoms with van der Waals surface area (Å²) in [6.07, 6.45) is 1.34. The second kappa shape index (κ2) is 4.00. The molecule has 0 aliphatic rings. The SMILES string of the molecule is O=C(O)c1cccc(-n2ccc([N+](=O)[O-])n2)n1. The van der Waals surface area contributed by atoms with Crippen LogP contribution in [0.3, 0.4) is 0 Å². The third-order valence-corrected chi connectivity index (χ3v) is 1.95. The van der Waals surface area contributed by atoms with Crippen LogP contribution in [0, 0.1) is 10.1 Å². The summed E-state index contributed by atoms with van der Waals surface area (Å²) in [6.45, 7) is 0. The van der Waals surface area contributed by atoms with Gasteiger partial charge < -0.3 is 15.2 Å². The summed E-state index contributed by atoms with van der Waals surface area (Å²) in [5, 5.41) is 22.8. The monoisotopic (exact) mass is 234 g/mol. The Hall–Kier alpha value is -2.77. The molecule has 2 heterocycles. The molecule has 0 fully saturated rings. The van der Waals surface area contributed by atoms with Gasteiger partial charge in [-0.3, -0.25) is 0 Å². The number of nitro groups is 1. The molecule has 0 bridgehead atoms. The van der Waals surface area contributed by atoms with Crippen molar-refractivity contribution in [3.8, 4) is 5.82 Å². The summed E-state index contributed by atoms with van der Waals surface area (Å²) in [5.74, 6) is -1.29. The van der Waals surface area contributed by atoms with Crippen molar-refractivity contribution >= 4 is 11.8 Å². The van der Waals surface area contributed by atoms with Crippen molar-refractivity contribution < 1.29 is 14.8 Å². The van der Waals surface area contributed by atoms with Crippen LogP contribution in [0.4, 0.5) is 5.82 Å². The van der Waals surface area contributed by atoms with Crippen LogP contribution >= 0.6 is 0 Å². The fourth-order valence-corrected chi connectivity index (χ4v) is 1.21. The first-order valence-electron chi connectivity index (χ1n) is 4.49. The molecular formula is C9H6N4O4. The fraction of sp³-hybridized carbons (Fsp3) is 0. The van der Waals surface area contributed by atoms with Crippen molar-refractivity contribution in [1.29, 1.82) is 0 Å². The molecule has 0 aliphatic carbocycles. The van der Waals surface area contributed by atoms with Crippen LogP contribution in [-0.4, -0.2) is 30.8 Å². The minimum Gasteiger partial charge on any atom is -0.477 e. The summed E-state index contributed by atoms with van der Waals surface area (Å²) >= 11 is 0. The highest BCUT2D eigenvalue weighted by molar-refractivity contribution is 5.85. The van der Waals surface area contributed by atoms with Crippen molar-refractivity contribution in [3.05, 3.63) is 46.3 Å². The van der Waals surface area contributed by atoms with Crippen molar-refractivity contribution in [1.82, 2.24) is 14.8 Å². The summed E-state index contributed by atoms with van der Waals surface area (Å²) in [6, 6.07) is 5.52. The van der Waals surface area contributed by atoms with Gasteiger partial charge in [-0.15, -0.1) is 4.68 Å². The van der Waals surface area contributed by atoms with Crippen LogP contribution in [0.5, 0.6) is 0 Å². The molecule has 8 nitrogen and oxygen atoms in total. The van der Waals surface area contributed by atoms with Crippen molar-refractivity contribution in [2.75, 3.05) is 0 Å². The van der Waals surface area contributed by atoms with Gasteiger partial charge in [-0.05, 0) is 17.1 Å². The molecule has 0 unspecified atom stereocenters. The van der Waals surface area contributed by atoms with Crippen LogP contribution in [0.2, 0.25) is 0 Å². The first kappa shape index (κ1) is 10.7. The first-order chi connectivity index (χ1) is 8.08. The van der Waals surface area contributed by atoms with Crippen molar-refractivity contribution in [2.45, 2.75) is 0 Å². The van der Waals surface area contributed by atoms with E-state index in [0.29, 0.717) is 0 Å². The predicted molar refractivity (Wildman–Crippen MR) is 55.0 cm³/mol. The Morgan fingerprint density at radius 3 is 2.76 bits per heavy atom. The van der Waals surface area contributed by atoms with E-state index < -0.39 is 10.9 Å². The fourth-order valence-electron chi connectivity index (χ4n) is 1.21. The van der Waals surface area contributed by atoms with E-state index in [1.54, 1.807) is 0 Å². The lowest BCUT2D eigenvalue weighted by Gasteiger charge is -1.97. The molecule has 0 saturated heterocycles. The van der Waals surface area contributed by atoms with Gasteiger partial charge in [0.1, 0.15) is 0 Å². The average molecular weight is 234 g/mol. The molecular weight excluding hydrogens is 228 g/mol. The zero-order valence-electron chi connectivity index (χ0n) is 8.35. The molecule has 0 atom stereocenters. The Bertz CT molecular complexity index is 592. The smallest absolute Gasteiger partial charge is 0.390 e. The quantitative estimate of drug-likeness (QED) is 0.623. The average Bonchev–Trinajstić information content (AvgIpc) is 2.78. The van der Waals surface area contributed by atoms with Gasteiger partial charge in [-0.1, -0.05) is 6.07 Å². The van der Waals surface area contributed by atoms with E-state index in [4.69, 9.17) is 5.11 Å². The van der Waals surface area contributed by atoms with Gasteiger partial charge in [0, 0.05) is 0 Å². The predicted octanol–water partition coefficient (Wildman–Crippen LogP) is 0.874. The Balaban J connectivity index is 2.42. The molecule has 0 aliphatic heterocycles. The van der Waals surface area contributed by atoms with Gasteiger partial charge in [0.25, 0.3) is 0 Å². The normalized spacial score (nSPS) is 10.1. The van der Waals surface area contributed by atoms with Crippen molar-refractivity contribution in [3.63, 3.8) is 0 Å². The minimum atomic E-state index is -1.17. The van der Waals surface area contributed by atoms with E-state index in [0.717, 1.165) is 4.68 Å². The second-order valence-electron chi connectivity index (χ2n) is 3.06. The number of hydrogen-bond acceptors (Lipinski definition) is 5. The Morgan fingerprint density at radius 2 is 2.18 bits per heavy atom. The molecule has 0 spiro atoms. The van der Waals surface area contributed by atoms with Crippen LogP contribution in [-0.2, 0) is 0 Å². The molecule has 86 valence electrons. The number of nitrogens with zero attached hydrogens (tertiary/aromatic N) is 4. The summed E-state index contributed by atoms with van der Waals surface area (Å²) in [7, 11) is 0. The molecule has 17 heavy (non-hydrogen) atoms. The number of rotatable bonds is 3. The maximum Gasteiger partial charge on any atom is 0.390 e. The number of pyridine rings is 1. The number of carboxylic acid groups (broad SMARTS) is 1. The maximum absolute atomic E-state index is 10.7. The summed E-state index contributed by atoms with van der Waals surface area (Å²) < 4.78 is 1.14. The number of carboxylic acids is 1.